The predicted octanol–water partition coefficient (Wildman–Crippen LogP) is 2.76. The zero-order chi connectivity index (χ0) is 11.8. The lowest BCUT2D eigenvalue weighted by Gasteiger charge is -2.18. The highest BCUT2D eigenvalue weighted by molar-refractivity contribution is 9.10. The molecule has 1 saturated heterocycles. The van der Waals surface area contributed by atoms with Crippen molar-refractivity contribution >= 4 is 27.7 Å². The van der Waals surface area contributed by atoms with Crippen LogP contribution in [0.1, 0.15) is 37.3 Å². The summed E-state index contributed by atoms with van der Waals surface area (Å²) in [6, 6.07) is 0. The van der Waals surface area contributed by atoms with Gasteiger partial charge < -0.3 is 10.2 Å². The van der Waals surface area contributed by atoms with Gasteiger partial charge in [0.25, 0.3) is 0 Å². The number of rotatable bonds is 3. The Balaban J connectivity index is 2.00. The molecule has 1 aliphatic heterocycles. The Labute approximate surface area is 110 Å². The van der Waals surface area contributed by atoms with Crippen LogP contribution >= 0.6 is 15.9 Å². The van der Waals surface area contributed by atoms with E-state index in [1.54, 1.807) is 0 Å². The summed E-state index contributed by atoms with van der Waals surface area (Å²) in [4.78, 5) is 11.6. The van der Waals surface area contributed by atoms with E-state index in [1.807, 2.05) is 7.05 Å². The van der Waals surface area contributed by atoms with Crippen LogP contribution in [0.4, 0.5) is 11.8 Å². The molecule has 0 unspecified atom stereocenters. The van der Waals surface area contributed by atoms with Gasteiger partial charge in [-0.1, -0.05) is 0 Å². The van der Waals surface area contributed by atoms with E-state index in [1.165, 1.54) is 31.4 Å². The third-order valence-corrected chi connectivity index (χ3v) is 4.24. The molecule has 3 rings (SSSR count). The van der Waals surface area contributed by atoms with Crippen molar-refractivity contribution in [1.29, 1.82) is 0 Å². The average molecular weight is 297 g/mol. The lowest BCUT2D eigenvalue weighted by Crippen LogP contribution is -2.21. The maximum Gasteiger partial charge on any atom is 0.227 e. The van der Waals surface area contributed by atoms with Gasteiger partial charge in [-0.3, -0.25) is 0 Å². The van der Waals surface area contributed by atoms with Crippen molar-refractivity contribution in [1.82, 2.24) is 9.97 Å². The third kappa shape index (κ3) is 2.12. The van der Waals surface area contributed by atoms with Crippen molar-refractivity contribution in [3.63, 3.8) is 0 Å². The second-order valence-electron chi connectivity index (χ2n) is 4.79. The predicted molar refractivity (Wildman–Crippen MR) is 72.7 cm³/mol. The molecule has 5 heteroatoms. The molecule has 2 fully saturated rings. The Bertz CT molecular complexity index is 425. The minimum Gasteiger partial charge on any atom is -0.372 e. The van der Waals surface area contributed by atoms with Crippen LogP contribution in [0.15, 0.2) is 4.47 Å². The van der Waals surface area contributed by atoms with Crippen molar-refractivity contribution in [2.75, 3.05) is 30.4 Å². The lowest BCUT2D eigenvalue weighted by atomic mass is 10.3. The summed E-state index contributed by atoms with van der Waals surface area (Å²) in [7, 11) is 1.91. The van der Waals surface area contributed by atoms with Gasteiger partial charge in [0.15, 0.2) is 0 Å². The standard InChI is InChI=1S/C12H17BrN4/c1-14-11-9(13)10(8-4-5-8)15-12(16-11)17-6-2-3-7-17/h8H,2-7H2,1H3,(H,14,15,16). The van der Waals surface area contributed by atoms with Gasteiger partial charge in [0, 0.05) is 26.1 Å². The Morgan fingerprint density at radius 3 is 2.53 bits per heavy atom. The molecule has 92 valence electrons. The summed E-state index contributed by atoms with van der Waals surface area (Å²) in [5, 5.41) is 3.16. The lowest BCUT2D eigenvalue weighted by molar-refractivity contribution is 0.868. The van der Waals surface area contributed by atoms with E-state index in [9.17, 15) is 0 Å². The van der Waals surface area contributed by atoms with Crippen LogP contribution < -0.4 is 10.2 Å². The zero-order valence-electron chi connectivity index (χ0n) is 10.0. The molecule has 0 spiro atoms. The SMILES string of the molecule is CNc1nc(N2CCCC2)nc(C2CC2)c1Br. The molecule has 0 amide bonds. The van der Waals surface area contributed by atoms with Crippen LogP contribution in [0.3, 0.4) is 0 Å². The largest absolute Gasteiger partial charge is 0.372 e. The molecular formula is C12H17BrN4. The fourth-order valence-electron chi connectivity index (χ4n) is 2.30. The number of aromatic nitrogens is 2. The van der Waals surface area contributed by atoms with Crippen LogP contribution in [-0.2, 0) is 0 Å². The smallest absolute Gasteiger partial charge is 0.227 e. The van der Waals surface area contributed by atoms with Crippen LogP contribution in [0, 0.1) is 0 Å². The van der Waals surface area contributed by atoms with Gasteiger partial charge in [0.2, 0.25) is 5.95 Å². The second kappa shape index (κ2) is 4.44. The Hall–Kier alpha value is -0.840. The first-order valence-corrected chi connectivity index (χ1v) is 7.09. The van der Waals surface area contributed by atoms with Gasteiger partial charge in [-0.25, -0.2) is 4.98 Å². The Morgan fingerprint density at radius 1 is 1.24 bits per heavy atom. The van der Waals surface area contributed by atoms with Crippen molar-refractivity contribution in [3.8, 4) is 0 Å². The summed E-state index contributed by atoms with van der Waals surface area (Å²) in [6.45, 7) is 2.18. The third-order valence-electron chi connectivity index (χ3n) is 3.45. The molecule has 2 aliphatic rings. The molecular weight excluding hydrogens is 280 g/mol. The van der Waals surface area contributed by atoms with Crippen LogP contribution in [0.25, 0.3) is 0 Å². The van der Waals surface area contributed by atoms with Crippen LogP contribution in [0.5, 0.6) is 0 Å². The number of nitrogens with zero attached hydrogens (tertiary/aromatic N) is 3. The molecule has 1 N–H and O–H groups in total. The van der Waals surface area contributed by atoms with E-state index < -0.39 is 0 Å². The highest BCUT2D eigenvalue weighted by Crippen LogP contribution is 2.44. The fraction of sp³-hybridized carbons (Fsp3) is 0.667. The van der Waals surface area contributed by atoms with Gasteiger partial charge in [-0.15, -0.1) is 0 Å². The van der Waals surface area contributed by atoms with Crippen molar-refractivity contribution in [2.24, 2.45) is 0 Å². The number of hydrogen-bond donors (Lipinski definition) is 1. The highest BCUT2D eigenvalue weighted by Gasteiger charge is 2.30. The van der Waals surface area contributed by atoms with Crippen molar-refractivity contribution < 1.29 is 0 Å². The van der Waals surface area contributed by atoms with Gasteiger partial charge in [-0.2, -0.15) is 4.98 Å². The fourth-order valence-corrected chi connectivity index (χ4v) is 3.00. The summed E-state index contributed by atoms with van der Waals surface area (Å²) < 4.78 is 1.05. The molecule has 0 radical (unpaired) electrons. The minimum absolute atomic E-state index is 0.640. The number of nitrogens with one attached hydrogen (secondary N) is 1. The van der Waals surface area contributed by atoms with Crippen molar-refractivity contribution in [3.05, 3.63) is 10.2 Å². The van der Waals surface area contributed by atoms with Crippen LogP contribution in [0.2, 0.25) is 0 Å². The number of anilines is 2. The quantitative estimate of drug-likeness (QED) is 0.931. The van der Waals surface area contributed by atoms with Crippen LogP contribution in [-0.4, -0.2) is 30.1 Å². The maximum absolute atomic E-state index is 4.75. The first kappa shape index (κ1) is 11.3. The molecule has 0 atom stereocenters. The number of halogens is 1. The second-order valence-corrected chi connectivity index (χ2v) is 5.58. The molecule has 17 heavy (non-hydrogen) atoms. The van der Waals surface area contributed by atoms with Crippen molar-refractivity contribution in [2.45, 2.75) is 31.6 Å². The minimum atomic E-state index is 0.640. The Kier molecular flexibility index (Phi) is 2.94. The van der Waals surface area contributed by atoms with E-state index in [-0.39, 0.29) is 0 Å². The molecule has 0 bridgehead atoms. The summed E-state index contributed by atoms with van der Waals surface area (Å²) in [5.41, 5.74) is 1.19. The van der Waals surface area contributed by atoms with E-state index in [0.717, 1.165) is 29.3 Å². The first-order chi connectivity index (χ1) is 8.29. The van der Waals surface area contributed by atoms with E-state index in [4.69, 9.17) is 4.98 Å². The molecule has 4 nitrogen and oxygen atoms in total. The van der Waals surface area contributed by atoms with E-state index in [0.29, 0.717) is 5.92 Å². The molecule has 0 aromatic carbocycles. The monoisotopic (exact) mass is 296 g/mol. The maximum atomic E-state index is 4.75. The van der Waals surface area contributed by atoms with Gasteiger partial charge >= 0.3 is 0 Å². The molecule has 1 aromatic heterocycles. The summed E-state index contributed by atoms with van der Waals surface area (Å²) in [6.07, 6.45) is 5.04. The number of hydrogen-bond acceptors (Lipinski definition) is 4. The average Bonchev–Trinajstić information content (AvgIpc) is 3.04. The Morgan fingerprint density at radius 2 is 1.94 bits per heavy atom. The van der Waals surface area contributed by atoms with E-state index in [2.05, 4.69) is 31.1 Å². The first-order valence-electron chi connectivity index (χ1n) is 6.29. The van der Waals surface area contributed by atoms with E-state index >= 15 is 0 Å². The molecule has 1 saturated carbocycles. The molecule has 2 heterocycles. The topological polar surface area (TPSA) is 41.1 Å². The zero-order valence-corrected chi connectivity index (χ0v) is 11.6. The van der Waals surface area contributed by atoms with Gasteiger partial charge in [0.05, 0.1) is 10.2 Å². The molecule has 1 aromatic rings. The van der Waals surface area contributed by atoms with Gasteiger partial charge in [0.1, 0.15) is 5.82 Å². The summed E-state index contributed by atoms with van der Waals surface area (Å²) >= 11 is 3.62. The van der Waals surface area contributed by atoms with Gasteiger partial charge in [-0.05, 0) is 41.6 Å². The molecule has 1 aliphatic carbocycles. The highest BCUT2D eigenvalue weighted by atomic mass is 79.9. The summed E-state index contributed by atoms with van der Waals surface area (Å²) in [5.74, 6) is 2.46. The normalized spacial score (nSPS) is 19.8.